The Morgan fingerprint density at radius 1 is 1.05 bits per heavy atom. The molecule has 0 heterocycles. The van der Waals surface area contributed by atoms with Crippen LogP contribution < -0.4 is 10.5 Å². The van der Waals surface area contributed by atoms with Crippen molar-refractivity contribution in [2.24, 2.45) is 0 Å². The van der Waals surface area contributed by atoms with Crippen LogP contribution in [0.25, 0.3) is 0 Å². The summed E-state index contributed by atoms with van der Waals surface area (Å²) in [6, 6.07) is 11.2. The number of carbonyl (C=O) groups is 1. The van der Waals surface area contributed by atoms with E-state index < -0.39 is 0 Å². The molecule has 0 bridgehead atoms. The predicted molar refractivity (Wildman–Crippen MR) is 81.3 cm³/mol. The van der Waals surface area contributed by atoms with Gasteiger partial charge in [0, 0.05) is 5.56 Å². The first-order valence-electron chi connectivity index (χ1n) is 6.57. The van der Waals surface area contributed by atoms with Crippen LogP contribution >= 0.6 is 0 Å². The Balaban J connectivity index is 2.06. The molecule has 0 aliphatic rings. The van der Waals surface area contributed by atoms with E-state index in [9.17, 15) is 4.79 Å². The standard InChI is InChI=1S/C17H19NO2/c1-11-4-7-17(15(18)8-11)20-10-16(19)14-6-5-12(2)13(3)9-14/h4-9H,10,18H2,1-3H3. The molecule has 0 amide bonds. The van der Waals surface area contributed by atoms with E-state index >= 15 is 0 Å². The van der Waals surface area contributed by atoms with Crippen molar-refractivity contribution in [2.75, 3.05) is 12.3 Å². The fourth-order valence-corrected chi connectivity index (χ4v) is 1.94. The molecule has 3 nitrogen and oxygen atoms in total. The fourth-order valence-electron chi connectivity index (χ4n) is 1.94. The normalized spacial score (nSPS) is 10.3. The van der Waals surface area contributed by atoms with Crippen LogP contribution in [0.15, 0.2) is 36.4 Å². The van der Waals surface area contributed by atoms with Crippen LogP contribution in [0.5, 0.6) is 5.75 Å². The van der Waals surface area contributed by atoms with Crippen molar-refractivity contribution in [3.8, 4) is 5.75 Å². The number of carbonyl (C=O) groups excluding carboxylic acids is 1. The van der Waals surface area contributed by atoms with E-state index in [0.29, 0.717) is 17.0 Å². The molecule has 2 N–H and O–H groups in total. The number of Topliss-reactive ketones (excluding diaryl/α,β-unsaturated/α-hetero) is 1. The summed E-state index contributed by atoms with van der Waals surface area (Å²) in [4.78, 5) is 12.1. The molecular formula is C17H19NO2. The van der Waals surface area contributed by atoms with Gasteiger partial charge in [0.25, 0.3) is 0 Å². The second kappa shape index (κ2) is 5.78. The van der Waals surface area contributed by atoms with Crippen LogP contribution in [0.4, 0.5) is 5.69 Å². The Morgan fingerprint density at radius 3 is 2.45 bits per heavy atom. The van der Waals surface area contributed by atoms with E-state index in [1.54, 1.807) is 6.07 Å². The van der Waals surface area contributed by atoms with Crippen LogP contribution in [-0.4, -0.2) is 12.4 Å². The first kappa shape index (κ1) is 14.1. The lowest BCUT2D eigenvalue weighted by Gasteiger charge is -2.09. The molecule has 2 rings (SSSR count). The van der Waals surface area contributed by atoms with Crippen molar-refractivity contribution in [3.63, 3.8) is 0 Å². The molecule has 3 heteroatoms. The van der Waals surface area contributed by atoms with Gasteiger partial charge >= 0.3 is 0 Å². The second-order valence-electron chi connectivity index (χ2n) is 5.05. The number of ketones is 1. The highest BCUT2D eigenvalue weighted by molar-refractivity contribution is 5.97. The number of nitrogen functional groups attached to an aromatic ring is 1. The molecule has 2 aromatic carbocycles. The molecule has 104 valence electrons. The second-order valence-corrected chi connectivity index (χ2v) is 5.05. The fraction of sp³-hybridized carbons (Fsp3) is 0.235. The number of nitrogens with two attached hydrogens (primary N) is 1. The van der Waals surface area contributed by atoms with Gasteiger partial charge in [-0.3, -0.25) is 4.79 Å². The third-order valence-corrected chi connectivity index (χ3v) is 3.35. The molecule has 0 aromatic heterocycles. The lowest BCUT2D eigenvalue weighted by Crippen LogP contribution is -2.12. The third kappa shape index (κ3) is 3.18. The molecule has 0 fully saturated rings. The average molecular weight is 269 g/mol. The van der Waals surface area contributed by atoms with E-state index in [4.69, 9.17) is 10.5 Å². The molecule has 0 atom stereocenters. The Labute approximate surface area is 119 Å². The lowest BCUT2D eigenvalue weighted by atomic mass is 10.0. The highest BCUT2D eigenvalue weighted by Crippen LogP contribution is 2.22. The molecular weight excluding hydrogens is 250 g/mol. The van der Waals surface area contributed by atoms with Crippen LogP contribution in [0.3, 0.4) is 0 Å². The van der Waals surface area contributed by atoms with Gasteiger partial charge in [0.2, 0.25) is 0 Å². The van der Waals surface area contributed by atoms with Gasteiger partial charge in [-0.2, -0.15) is 0 Å². The molecule has 0 aliphatic heterocycles. The van der Waals surface area contributed by atoms with E-state index in [1.165, 1.54) is 5.56 Å². The van der Waals surface area contributed by atoms with Crippen molar-refractivity contribution in [2.45, 2.75) is 20.8 Å². The largest absolute Gasteiger partial charge is 0.483 e. The number of rotatable bonds is 4. The van der Waals surface area contributed by atoms with Gasteiger partial charge in [-0.25, -0.2) is 0 Å². The Morgan fingerprint density at radius 2 is 1.80 bits per heavy atom. The van der Waals surface area contributed by atoms with Crippen LogP contribution in [0.1, 0.15) is 27.0 Å². The van der Waals surface area contributed by atoms with Gasteiger partial charge in [-0.05, 0) is 55.7 Å². The maximum atomic E-state index is 12.1. The summed E-state index contributed by atoms with van der Waals surface area (Å²) in [6.07, 6.45) is 0. The Hall–Kier alpha value is -2.29. The monoisotopic (exact) mass is 269 g/mol. The number of benzene rings is 2. The summed E-state index contributed by atoms with van der Waals surface area (Å²) < 4.78 is 5.50. The third-order valence-electron chi connectivity index (χ3n) is 3.35. The summed E-state index contributed by atoms with van der Waals surface area (Å²) in [5.74, 6) is 0.501. The topological polar surface area (TPSA) is 52.3 Å². The van der Waals surface area contributed by atoms with E-state index in [2.05, 4.69) is 0 Å². The van der Waals surface area contributed by atoms with Crippen molar-refractivity contribution in [1.82, 2.24) is 0 Å². The molecule has 2 aromatic rings. The first-order chi connectivity index (χ1) is 9.47. The molecule has 0 radical (unpaired) electrons. The molecule has 0 spiro atoms. The molecule has 20 heavy (non-hydrogen) atoms. The summed E-state index contributed by atoms with van der Waals surface area (Å²) in [5.41, 5.74) is 10.4. The zero-order valence-corrected chi connectivity index (χ0v) is 12.1. The zero-order valence-electron chi connectivity index (χ0n) is 12.1. The summed E-state index contributed by atoms with van der Waals surface area (Å²) in [7, 11) is 0. The zero-order chi connectivity index (χ0) is 14.7. The number of ether oxygens (including phenoxy) is 1. The highest BCUT2D eigenvalue weighted by atomic mass is 16.5. The minimum Gasteiger partial charge on any atom is -0.483 e. The van der Waals surface area contributed by atoms with Crippen LogP contribution in [-0.2, 0) is 0 Å². The number of hydrogen-bond acceptors (Lipinski definition) is 3. The van der Waals surface area contributed by atoms with Gasteiger partial charge in [-0.15, -0.1) is 0 Å². The summed E-state index contributed by atoms with van der Waals surface area (Å²) in [6.45, 7) is 5.97. The van der Waals surface area contributed by atoms with Crippen molar-refractivity contribution < 1.29 is 9.53 Å². The van der Waals surface area contributed by atoms with Crippen LogP contribution in [0.2, 0.25) is 0 Å². The smallest absolute Gasteiger partial charge is 0.200 e. The Bertz CT molecular complexity index is 647. The highest BCUT2D eigenvalue weighted by Gasteiger charge is 2.09. The van der Waals surface area contributed by atoms with Crippen molar-refractivity contribution in [1.29, 1.82) is 0 Å². The number of anilines is 1. The van der Waals surface area contributed by atoms with Crippen molar-refractivity contribution in [3.05, 3.63) is 58.7 Å². The number of aryl methyl sites for hydroxylation is 3. The first-order valence-corrected chi connectivity index (χ1v) is 6.57. The lowest BCUT2D eigenvalue weighted by molar-refractivity contribution is 0.0922. The van der Waals surface area contributed by atoms with E-state index in [0.717, 1.165) is 11.1 Å². The van der Waals surface area contributed by atoms with Crippen molar-refractivity contribution >= 4 is 11.5 Å². The van der Waals surface area contributed by atoms with Crippen LogP contribution in [0, 0.1) is 20.8 Å². The molecule has 0 unspecified atom stereocenters. The molecule has 0 saturated carbocycles. The van der Waals surface area contributed by atoms with Gasteiger partial charge < -0.3 is 10.5 Å². The van der Waals surface area contributed by atoms with E-state index in [1.807, 2.05) is 51.1 Å². The quantitative estimate of drug-likeness (QED) is 0.683. The minimum absolute atomic E-state index is 0.00420. The minimum atomic E-state index is -0.0481. The Kier molecular flexibility index (Phi) is 4.08. The van der Waals surface area contributed by atoms with Gasteiger partial charge in [0.1, 0.15) is 5.75 Å². The average Bonchev–Trinajstić information content (AvgIpc) is 2.40. The number of hydrogen-bond donors (Lipinski definition) is 1. The maximum Gasteiger partial charge on any atom is 0.200 e. The summed E-state index contributed by atoms with van der Waals surface area (Å²) >= 11 is 0. The van der Waals surface area contributed by atoms with Gasteiger partial charge in [0.05, 0.1) is 5.69 Å². The van der Waals surface area contributed by atoms with Gasteiger partial charge in [-0.1, -0.05) is 18.2 Å². The predicted octanol–water partition coefficient (Wildman–Crippen LogP) is 3.46. The maximum absolute atomic E-state index is 12.1. The van der Waals surface area contributed by atoms with E-state index in [-0.39, 0.29) is 12.4 Å². The SMILES string of the molecule is Cc1ccc(OCC(=O)c2ccc(C)c(C)c2)c(N)c1. The molecule has 0 saturated heterocycles. The molecule has 0 aliphatic carbocycles. The van der Waals surface area contributed by atoms with Gasteiger partial charge in [0.15, 0.2) is 12.4 Å². The summed E-state index contributed by atoms with van der Waals surface area (Å²) in [5, 5.41) is 0.